The molecule has 0 aromatic rings. The molecular formula is C14H18O6. The average molecular weight is 282 g/mol. The lowest BCUT2D eigenvalue weighted by molar-refractivity contribution is -0.146. The van der Waals surface area contributed by atoms with Crippen LogP contribution in [0.25, 0.3) is 0 Å². The molecule has 0 aromatic carbocycles. The zero-order valence-corrected chi connectivity index (χ0v) is 11.3. The summed E-state index contributed by atoms with van der Waals surface area (Å²) in [5, 5.41) is 27.5. The summed E-state index contributed by atoms with van der Waals surface area (Å²) in [6.45, 7) is 1.97. The smallest absolute Gasteiger partial charge is 0.335 e. The Labute approximate surface area is 116 Å². The van der Waals surface area contributed by atoms with Gasteiger partial charge in [0, 0.05) is 5.57 Å². The molecule has 1 aliphatic carbocycles. The molecule has 0 aromatic heterocycles. The number of rotatable bonds is 7. The van der Waals surface area contributed by atoms with Crippen molar-refractivity contribution in [3.63, 3.8) is 0 Å². The molecule has 0 aliphatic heterocycles. The van der Waals surface area contributed by atoms with Crippen LogP contribution in [0.1, 0.15) is 39.0 Å². The Morgan fingerprint density at radius 3 is 2.25 bits per heavy atom. The molecule has 1 rings (SSSR count). The lowest BCUT2D eigenvalue weighted by Gasteiger charge is -2.29. The van der Waals surface area contributed by atoms with Crippen molar-refractivity contribution in [3.05, 3.63) is 23.3 Å². The molecule has 0 saturated heterocycles. The SMILES string of the molecule is CCCCCC1(C(=O)O)C=C(C(=O)O)C=C(C(=O)O)C1. The minimum absolute atomic E-state index is 0.177. The fraction of sp³-hybridized carbons (Fsp3) is 0.500. The molecule has 0 fully saturated rings. The predicted molar refractivity (Wildman–Crippen MR) is 70.3 cm³/mol. The summed E-state index contributed by atoms with van der Waals surface area (Å²) in [5.41, 5.74) is -1.89. The first kappa shape index (κ1) is 15.9. The molecule has 110 valence electrons. The van der Waals surface area contributed by atoms with Crippen LogP contribution in [0.2, 0.25) is 0 Å². The van der Waals surface area contributed by atoms with Gasteiger partial charge in [0.2, 0.25) is 0 Å². The molecule has 0 saturated carbocycles. The first-order valence-corrected chi connectivity index (χ1v) is 6.46. The predicted octanol–water partition coefficient (Wildman–Crippen LogP) is 2.06. The van der Waals surface area contributed by atoms with Gasteiger partial charge >= 0.3 is 17.9 Å². The van der Waals surface area contributed by atoms with E-state index < -0.39 is 23.3 Å². The van der Waals surface area contributed by atoms with Crippen LogP contribution in [0.3, 0.4) is 0 Å². The van der Waals surface area contributed by atoms with Crippen LogP contribution in [0.5, 0.6) is 0 Å². The van der Waals surface area contributed by atoms with E-state index in [2.05, 4.69) is 0 Å². The lowest BCUT2D eigenvalue weighted by atomic mass is 9.72. The van der Waals surface area contributed by atoms with E-state index in [0.717, 1.165) is 18.9 Å². The highest BCUT2D eigenvalue weighted by Crippen LogP contribution is 2.39. The van der Waals surface area contributed by atoms with Crippen LogP contribution in [0.15, 0.2) is 23.3 Å². The van der Waals surface area contributed by atoms with E-state index in [0.29, 0.717) is 6.42 Å². The summed E-state index contributed by atoms with van der Waals surface area (Å²) < 4.78 is 0. The van der Waals surface area contributed by atoms with Gasteiger partial charge in [-0.2, -0.15) is 0 Å². The van der Waals surface area contributed by atoms with Gasteiger partial charge in [-0.1, -0.05) is 32.3 Å². The number of aliphatic carboxylic acids is 3. The molecule has 0 heterocycles. The normalized spacial score (nSPS) is 21.9. The molecule has 1 unspecified atom stereocenters. The van der Waals surface area contributed by atoms with E-state index in [-0.39, 0.29) is 24.0 Å². The van der Waals surface area contributed by atoms with Gasteiger partial charge in [0.05, 0.1) is 11.0 Å². The van der Waals surface area contributed by atoms with Crippen LogP contribution in [-0.4, -0.2) is 33.2 Å². The molecule has 0 spiro atoms. The van der Waals surface area contributed by atoms with Gasteiger partial charge in [0.1, 0.15) is 0 Å². The number of hydrogen-bond acceptors (Lipinski definition) is 3. The Morgan fingerprint density at radius 2 is 1.80 bits per heavy atom. The molecule has 0 bridgehead atoms. The van der Waals surface area contributed by atoms with E-state index in [1.165, 1.54) is 6.08 Å². The van der Waals surface area contributed by atoms with E-state index in [9.17, 15) is 19.5 Å². The Morgan fingerprint density at radius 1 is 1.15 bits per heavy atom. The minimum atomic E-state index is -1.44. The Balaban J connectivity index is 3.17. The van der Waals surface area contributed by atoms with Gasteiger partial charge in [-0.15, -0.1) is 0 Å². The fourth-order valence-electron chi connectivity index (χ4n) is 2.33. The van der Waals surface area contributed by atoms with Crippen LogP contribution >= 0.6 is 0 Å². The largest absolute Gasteiger partial charge is 0.481 e. The van der Waals surface area contributed by atoms with Crippen LogP contribution < -0.4 is 0 Å². The topological polar surface area (TPSA) is 112 Å². The molecule has 6 heteroatoms. The zero-order valence-electron chi connectivity index (χ0n) is 11.3. The van der Waals surface area contributed by atoms with Gasteiger partial charge in [0.15, 0.2) is 0 Å². The van der Waals surface area contributed by atoms with Crippen LogP contribution in [-0.2, 0) is 14.4 Å². The van der Waals surface area contributed by atoms with E-state index >= 15 is 0 Å². The van der Waals surface area contributed by atoms with Gasteiger partial charge in [-0.3, -0.25) is 4.79 Å². The van der Waals surface area contributed by atoms with Gasteiger partial charge in [-0.25, -0.2) is 9.59 Å². The molecule has 0 radical (unpaired) electrons. The van der Waals surface area contributed by atoms with E-state index in [1.807, 2.05) is 6.92 Å². The third-order valence-corrected chi connectivity index (χ3v) is 3.44. The summed E-state index contributed by atoms with van der Waals surface area (Å²) in [6, 6.07) is 0. The molecular weight excluding hydrogens is 264 g/mol. The number of carbonyl (C=O) groups is 3. The van der Waals surface area contributed by atoms with Crippen molar-refractivity contribution in [2.45, 2.75) is 39.0 Å². The Hall–Kier alpha value is -2.11. The van der Waals surface area contributed by atoms with E-state index in [4.69, 9.17) is 10.2 Å². The van der Waals surface area contributed by atoms with Crippen molar-refractivity contribution in [2.24, 2.45) is 5.41 Å². The highest BCUT2D eigenvalue weighted by Gasteiger charge is 2.41. The number of unbranched alkanes of at least 4 members (excludes halogenated alkanes) is 2. The lowest BCUT2D eigenvalue weighted by Crippen LogP contribution is -2.33. The van der Waals surface area contributed by atoms with Crippen LogP contribution in [0.4, 0.5) is 0 Å². The Kier molecular flexibility index (Phi) is 5.07. The second-order valence-corrected chi connectivity index (χ2v) is 4.97. The zero-order chi connectivity index (χ0) is 15.3. The van der Waals surface area contributed by atoms with Gasteiger partial charge in [0.25, 0.3) is 0 Å². The summed E-state index contributed by atoms with van der Waals surface area (Å²) in [4.78, 5) is 33.7. The third-order valence-electron chi connectivity index (χ3n) is 3.44. The van der Waals surface area contributed by atoms with E-state index in [1.54, 1.807) is 0 Å². The third kappa shape index (κ3) is 3.46. The molecule has 6 nitrogen and oxygen atoms in total. The number of carboxylic acids is 3. The summed E-state index contributed by atoms with van der Waals surface area (Å²) >= 11 is 0. The molecule has 3 N–H and O–H groups in total. The molecule has 20 heavy (non-hydrogen) atoms. The standard InChI is InChI=1S/C14H18O6/c1-2-3-4-5-14(13(19)20)7-9(11(15)16)6-10(8-14)12(17)18/h6-7H,2-5,8H2,1H3,(H,15,16)(H,17,18)(H,19,20). The van der Waals surface area contributed by atoms with Crippen molar-refractivity contribution < 1.29 is 29.7 Å². The quantitative estimate of drug-likeness (QED) is 0.616. The first-order chi connectivity index (χ1) is 9.32. The highest BCUT2D eigenvalue weighted by atomic mass is 16.4. The maximum Gasteiger partial charge on any atom is 0.335 e. The molecule has 1 aliphatic rings. The second-order valence-electron chi connectivity index (χ2n) is 4.97. The summed E-state index contributed by atoms with van der Waals surface area (Å²) in [5.74, 6) is -3.78. The second kappa shape index (κ2) is 6.36. The summed E-state index contributed by atoms with van der Waals surface area (Å²) in [6.07, 6.45) is 4.59. The van der Waals surface area contributed by atoms with Gasteiger partial charge < -0.3 is 15.3 Å². The van der Waals surface area contributed by atoms with Crippen LogP contribution in [0, 0.1) is 5.41 Å². The molecule has 1 atom stereocenters. The fourth-order valence-corrected chi connectivity index (χ4v) is 2.33. The maximum absolute atomic E-state index is 11.5. The van der Waals surface area contributed by atoms with Crippen molar-refractivity contribution in [3.8, 4) is 0 Å². The summed E-state index contributed by atoms with van der Waals surface area (Å²) in [7, 11) is 0. The van der Waals surface area contributed by atoms with Crippen molar-refractivity contribution in [2.75, 3.05) is 0 Å². The Bertz CT molecular complexity index is 488. The monoisotopic (exact) mass is 282 g/mol. The minimum Gasteiger partial charge on any atom is -0.481 e. The first-order valence-electron chi connectivity index (χ1n) is 6.46. The van der Waals surface area contributed by atoms with Gasteiger partial charge in [-0.05, 0) is 18.9 Å². The average Bonchev–Trinajstić information content (AvgIpc) is 2.38. The van der Waals surface area contributed by atoms with Crippen molar-refractivity contribution in [1.82, 2.24) is 0 Å². The van der Waals surface area contributed by atoms with Crippen molar-refractivity contribution >= 4 is 17.9 Å². The maximum atomic E-state index is 11.5. The highest BCUT2D eigenvalue weighted by molar-refractivity contribution is 5.98. The molecule has 0 amide bonds. The number of carboxylic acid groups (broad SMARTS) is 3. The van der Waals surface area contributed by atoms with Crippen molar-refractivity contribution in [1.29, 1.82) is 0 Å². The number of hydrogen-bond donors (Lipinski definition) is 3.